The standard InChI is InChI=1S/C12H17FN2O4S2/c13-10-4-3-9(7-14)12(6-10)21(18,19)15-11-2-1-5-20(16,17)8-11/h3-4,6,11,15H,1-2,5,7-8,14H2. The molecule has 2 rings (SSSR count). The molecule has 21 heavy (non-hydrogen) atoms. The Bertz CT molecular complexity index is 732. The van der Waals surface area contributed by atoms with Gasteiger partial charge in [-0.2, -0.15) is 0 Å². The molecule has 0 spiro atoms. The highest BCUT2D eigenvalue weighted by Crippen LogP contribution is 2.20. The molecule has 1 aliphatic rings. The highest BCUT2D eigenvalue weighted by Gasteiger charge is 2.29. The normalized spacial score (nSPS) is 22.1. The molecule has 1 saturated heterocycles. The SMILES string of the molecule is NCc1ccc(F)cc1S(=O)(=O)NC1CCCS(=O)(=O)C1. The molecule has 1 aromatic rings. The van der Waals surface area contributed by atoms with Gasteiger partial charge in [0.1, 0.15) is 5.82 Å². The Morgan fingerprint density at radius 3 is 2.71 bits per heavy atom. The Morgan fingerprint density at radius 1 is 1.38 bits per heavy atom. The fourth-order valence-electron chi connectivity index (χ4n) is 2.35. The zero-order valence-corrected chi connectivity index (χ0v) is 12.9. The second-order valence-electron chi connectivity index (χ2n) is 5.03. The minimum atomic E-state index is -4.01. The maximum absolute atomic E-state index is 13.3. The predicted molar refractivity (Wildman–Crippen MR) is 76.3 cm³/mol. The van der Waals surface area contributed by atoms with E-state index in [1.54, 1.807) is 0 Å². The quantitative estimate of drug-likeness (QED) is 0.813. The number of sulfone groups is 1. The number of hydrogen-bond acceptors (Lipinski definition) is 5. The van der Waals surface area contributed by atoms with Gasteiger partial charge in [0, 0.05) is 12.6 Å². The number of hydrogen-bond donors (Lipinski definition) is 2. The number of benzene rings is 1. The zero-order valence-electron chi connectivity index (χ0n) is 11.2. The van der Waals surface area contributed by atoms with Crippen LogP contribution in [0.3, 0.4) is 0 Å². The second-order valence-corrected chi connectivity index (χ2v) is 8.94. The summed E-state index contributed by atoms with van der Waals surface area (Å²) in [6.45, 7) is -0.0561. The van der Waals surface area contributed by atoms with E-state index >= 15 is 0 Å². The van der Waals surface area contributed by atoms with Crippen LogP contribution in [0.15, 0.2) is 23.1 Å². The third-order valence-electron chi connectivity index (χ3n) is 3.32. The molecule has 1 aromatic carbocycles. The van der Waals surface area contributed by atoms with Crippen LogP contribution in [0.4, 0.5) is 4.39 Å². The van der Waals surface area contributed by atoms with Crippen LogP contribution in [0, 0.1) is 5.82 Å². The molecule has 0 aliphatic carbocycles. The minimum absolute atomic E-state index is 0.0561. The van der Waals surface area contributed by atoms with Gasteiger partial charge < -0.3 is 5.73 Å². The molecule has 1 heterocycles. The van der Waals surface area contributed by atoms with Crippen molar-refractivity contribution < 1.29 is 21.2 Å². The van der Waals surface area contributed by atoms with Crippen LogP contribution >= 0.6 is 0 Å². The first-order chi connectivity index (χ1) is 9.73. The van der Waals surface area contributed by atoms with E-state index in [0.717, 1.165) is 12.1 Å². The topological polar surface area (TPSA) is 106 Å². The van der Waals surface area contributed by atoms with Crippen molar-refractivity contribution in [2.24, 2.45) is 5.73 Å². The van der Waals surface area contributed by atoms with Crippen LogP contribution in [-0.4, -0.2) is 34.4 Å². The Balaban J connectivity index is 2.28. The van der Waals surface area contributed by atoms with E-state index in [1.165, 1.54) is 6.07 Å². The molecule has 1 unspecified atom stereocenters. The summed E-state index contributed by atoms with van der Waals surface area (Å²) in [7, 11) is -7.25. The van der Waals surface area contributed by atoms with Crippen molar-refractivity contribution in [1.82, 2.24) is 4.72 Å². The summed E-state index contributed by atoms with van der Waals surface area (Å²) in [5, 5.41) is 0. The zero-order chi connectivity index (χ0) is 15.7. The van der Waals surface area contributed by atoms with Gasteiger partial charge in [0.2, 0.25) is 10.0 Å². The lowest BCUT2D eigenvalue weighted by atomic mass is 10.2. The van der Waals surface area contributed by atoms with Crippen LogP contribution in [0.2, 0.25) is 0 Å². The van der Waals surface area contributed by atoms with Gasteiger partial charge in [-0.15, -0.1) is 0 Å². The lowest BCUT2D eigenvalue weighted by molar-refractivity contribution is 0.516. The van der Waals surface area contributed by atoms with Gasteiger partial charge in [0.15, 0.2) is 9.84 Å². The fourth-order valence-corrected chi connectivity index (χ4v) is 5.62. The largest absolute Gasteiger partial charge is 0.326 e. The van der Waals surface area contributed by atoms with E-state index in [2.05, 4.69) is 4.72 Å². The highest BCUT2D eigenvalue weighted by atomic mass is 32.2. The summed E-state index contributed by atoms with van der Waals surface area (Å²) >= 11 is 0. The maximum atomic E-state index is 13.3. The van der Waals surface area contributed by atoms with E-state index in [9.17, 15) is 21.2 Å². The third kappa shape index (κ3) is 4.00. The monoisotopic (exact) mass is 336 g/mol. The van der Waals surface area contributed by atoms with Crippen molar-refractivity contribution in [3.8, 4) is 0 Å². The molecular weight excluding hydrogens is 319 g/mol. The number of nitrogens with two attached hydrogens (primary N) is 1. The Hall–Kier alpha value is -1.03. The summed E-state index contributed by atoms with van der Waals surface area (Å²) in [5.41, 5.74) is 5.74. The van der Waals surface area contributed by atoms with Gasteiger partial charge in [-0.25, -0.2) is 25.9 Å². The summed E-state index contributed by atoms with van der Waals surface area (Å²) in [4.78, 5) is -0.243. The van der Waals surface area contributed by atoms with Gasteiger partial charge in [-0.05, 0) is 30.5 Å². The summed E-state index contributed by atoms with van der Waals surface area (Å²) in [6.07, 6.45) is 0.841. The minimum Gasteiger partial charge on any atom is -0.326 e. The molecule has 6 nitrogen and oxygen atoms in total. The Kier molecular flexibility index (Phi) is 4.66. The highest BCUT2D eigenvalue weighted by molar-refractivity contribution is 7.91. The number of nitrogens with one attached hydrogen (secondary N) is 1. The average Bonchev–Trinajstić information content (AvgIpc) is 2.37. The molecule has 0 aromatic heterocycles. The van der Waals surface area contributed by atoms with E-state index in [4.69, 9.17) is 5.73 Å². The van der Waals surface area contributed by atoms with E-state index in [0.29, 0.717) is 12.8 Å². The van der Waals surface area contributed by atoms with Crippen molar-refractivity contribution in [3.05, 3.63) is 29.6 Å². The second kappa shape index (κ2) is 5.99. The van der Waals surface area contributed by atoms with E-state index in [-0.39, 0.29) is 28.5 Å². The summed E-state index contributed by atoms with van der Waals surface area (Å²) < 4.78 is 63.3. The van der Waals surface area contributed by atoms with Crippen molar-refractivity contribution in [1.29, 1.82) is 0 Å². The lowest BCUT2D eigenvalue weighted by Crippen LogP contribution is -2.43. The predicted octanol–water partition coefficient (Wildman–Crippen LogP) is 0.140. The molecule has 0 amide bonds. The molecule has 1 aliphatic heterocycles. The van der Waals surface area contributed by atoms with Crippen LogP contribution in [0.25, 0.3) is 0 Å². The van der Waals surface area contributed by atoms with Crippen LogP contribution in [0.5, 0.6) is 0 Å². The van der Waals surface area contributed by atoms with Crippen molar-refractivity contribution in [2.45, 2.75) is 30.3 Å². The molecule has 0 bridgehead atoms. The van der Waals surface area contributed by atoms with Crippen molar-refractivity contribution >= 4 is 19.9 Å². The first-order valence-corrected chi connectivity index (χ1v) is 9.75. The summed E-state index contributed by atoms with van der Waals surface area (Å²) in [5.74, 6) is -0.859. The lowest BCUT2D eigenvalue weighted by Gasteiger charge is -2.23. The Labute approximate surface area is 123 Å². The molecule has 1 fully saturated rings. The average molecular weight is 336 g/mol. The molecule has 3 N–H and O–H groups in total. The van der Waals surface area contributed by atoms with Gasteiger partial charge in [0.05, 0.1) is 16.4 Å². The number of rotatable bonds is 4. The van der Waals surface area contributed by atoms with Crippen molar-refractivity contribution in [2.75, 3.05) is 11.5 Å². The molecular formula is C12H17FN2O4S2. The molecule has 1 atom stereocenters. The Morgan fingerprint density at radius 2 is 2.10 bits per heavy atom. The fraction of sp³-hybridized carbons (Fsp3) is 0.500. The smallest absolute Gasteiger partial charge is 0.241 e. The molecule has 0 radical (unpaired) electrons. The first kappa shape index (κ1) is 16.3. The van der Waals surface area contributed by atoms with Crippen LogP contribution in [0.1, 0.15) is 18.4 Å². The van der Waals surface area contributed by atoms with Crippen LogP contribution < -0.4 is 10.5 Å². The van der Waals surface area contributed by atoms with Gasteiger partial charge >= 0.3 is 0 Å². The van der Waals surface area contributed by atoms with E-state index < -0.39 is 31.7 Å². The first-order valence-electron chi connectivity index (χ1n) is 6.45. The maximum Gasteiger partial charge on any atom is 0.241 e. The van der Waals surface area contributed by atoms with E-state index in [1.807, 2.05) is 0 Å². The number of sulfonamides is 1. The summed E-state index contributed by atoms with van der Waals surface area (Å²) in [6, 6.07) is 2.64. The number of halogens is 1. The van der Waals surface area contributed by atoms with Crippen molar-refractivity contribution in [3.63, 3.8) is 0 Å². The van der Waals surface area contributed by atoms with Gasteiger partial charge in [-0.1, -0.05) is 6.07 Å². The van der Waals surface area contributed by atoms with Gasteiger partial charge in [-0.3, -0.25) is 0 Å². The third-order valence-corrected chi connectivity index (χ3v) is 6.75. The molecule has 9 heteroatoms. The molecule has 0 saturated carbocycles. The van der Waals surface area contributed by atoms with Crippen LogP contribution in [-0.2, 0) is 26.4 Å². The molecule has 118 valence electrons. The van der Waals surface area contributed by atoms with Gasteiger partial charge in [0.25, 0.3) is 0 Å².